The molecule has 0 aromatic heterocycles. The lowest BCUT2D eigenvalue weighted by atomic mass is 10.0. The van der Waals surface area contributed by atoms with Gasteiger partial charge in [-0.05, 0) is 30.0 Å². The van der Waals surface area contributed by atoms with Crippen LogP contribution in [-0.4, -0.2) is 13.2 Å². The molecule has 1 atom stereocenters. The highest BCUT2D eigenvalue weighted by Crippen LogP contribution is 2.41. The highest BCUT2D eigenvalue weighted by atomic mass is 79.9. The van der Waals surface area contributed by atoms with Crippen LogP contribution >= 0.6 is 31.9 Å². The molecule has 1 heterocycles. The number of ether oxygens (including phenoxy) is 2. The van der Waals surface area contributed by atoms with Gasteiger partial charge in [0.1, 0.15) is 13.2 Å². The number of hydrogen-bond donors (Lipinski definition) is 0. The molecule has 1 aliphatic rings. The van der Waals surface area contributed by atoms with Crippen LogP contribution < -0.4 is 9.47 Å². The maximum atomic E-state index is 5.61. The molecule has 0 saturated carbocycles. The third-order valence-corrected chi connectivity index (χ3v) is 4.23. The number of alkyl halides is 1. The molecular weight excluding hydrogens is 348 g/mol. The Kier molecular flexibility index (Phi) is 4.36. The van der Waals surface area contributed by atoms with Crippen LogP contribution in [0, 0.1) is 5.92 Å². The average Bonchev–Trinajstić information content (AvgIpc) is 2.27. The van der Waals surface area contributed by atoms with Crippen LogP contribution in [0.15, 0.2) is 16.6 Å². The second-order valence-electron chi connectivity index (χ2n) is 4.61. The van der Waals surface area contributed by atoms with E-state index in [1.54, 1.807) is 0 Å². The van der Waals surface area contributed by atoms with E-state index in [0.717, 1.165) is 22.4 Å². The zero-order valence-electron chi connectivity index (χ0n) is 10.0. The molecule has 4 heteroatoms. The molecule has 1 aromatic carbocycles. The Labute approximate surface area is 119 Å². The zero-order chi connectivity index (χ0) is 12.4. The van der Waals surface area contributed by atoms with E-state index in [-0.39, 0.29) is 0 Å². The minimum absolute atomic E-state index is 0.340. The molecule has 0 amide bonds. The maximum absolute atomic E-state index is 5.61. The fraction of sp³-hybridized carbons (Fsp3) is 0.538. The largest absolute Gasteiger partial charge is 0.486 e. The molecule has 1 unspecified atom stereocenters. The highest BCUT2D eigenvalue weighted by molar-refractivity contribution is 9.11. The fourth-order valence-electron chi connectivity index (χ4n) is 1.86. The second-order valence-corrected chi connectivity index (χ2v) is 6.57. The molecule has 0 bridgehead atoms. The predicted molar refractivity (Wildman–Crippen MR) is 76.3 cm³/mol. The topological polar surface area (TPSA) is 18.5 Å². The van der Waals surface area contributed by atoms with Crippen LogP contribution in [0.4, 0.5) is 0 Å². The van der Waals surface area contributed by atoms with E-state index in [4.69, 9.17) is 9.47 Å². The lowest BCUT2D eigenvalue weighted by Crippen LogP contribution is -2.15. The summed E-state index contributed by atoms with van der Waals surface area (Å²) in [5.41, 5.74) is 1.22. The van der Waals surface area contributed by atoms with Gasteiger partial charge in [0.05, 0.1) is 0 Å². The van der Waals surface area contributed by atoms with Crippen molar-refractivity contribution < 1.29 is 9.47 Å². The van der Waals surface area contributed by atoms with Gasteiger partial charge in [0, 0.05) is 9.30 Å². The lowest BCUT2D eigenvalue weighted by molar-refractivity contribution is 0.171. The van der Waals surface area contributed by atoms with E-state index < -0.39 is 0 Å². The summed E-state index contributed by atoms with van der Waals surface area (Å²) in [4.78, 5) is 0.340. The number of hydrogen-bond acceptors (Lipinski definition) is 2. The summed E-state index contributed by atoms with van der Waals surface area (Å²) in [5.74, 6) is 2.33. The summed E-state index contributed by atoms with van der Waals surface area (Å²) >= 11 is 7.34. The van der Waals surface area contributed by atoms with Crippen molar-refractivity contribution in [1.82, 2.24) is 0 Å². The molecule has 17 heavy (non-hydrogen) atoms. The van der Waals surface area contributed by atoms with Crippen molar-refractivity contribution in [3.63, 3.8) is 0 Å². The van der Waals surface area contributed by atoms with Gasteiger partial charge in [0.15, 0.2) is 11.5 Å². The number of halogens is 2. The molecule has 0 spiro atoms. The van der Waals surface area contributed by atoms with Crippen LogP contribution in [0.3, 0.4) is 0 Å². The van der Waals surface area contributed by atoms with Gasteiger partial charge >= 0.3 is 0 Å². The first-order chi connectivity index (χ1) is 8.08. The molecule has 2 nitrogen and oxygen atoms in total. The SMILES string of the molecule is CC(C)CC(Br)c1cc2c(cc1Br)OCCO2. The van der Waals surface area contributed by atoms with Gasteiger partial charge in [-0.15, -0.1) is 0 Å². The number of fused-ring (bicyclic) bond motifs is 1. The van der Waals surface area contributed by atoms with E-state index >= 15 is 0 Å². The number of rotatable bonds is 3. The van der Waals surface area contributed by atoms with E-state index in [0.29, 0.717) is 24.0 Å². The van der Waals surface area contributed by atoms with Gasteiger partial charge in [-0.3, -0.25) is 0 Å². The van der Waals surface area contributed by atoms with Gasteiger partial charge in [-0.25, -0.2) is 0 Å². The van der Waals surface area contributed by atoms with Crippen molar-refractivity contribution in [1.29, 1.82) is 0 Å². The normalized spacial score (nSPS) is 16.1. The van der Waals surface area contributed by atoms with Crippen LogP contribution in [0.2, 0.25) is 0 Å². The van der Waals surface area contributed by atoms with Crippen molar-refractivity contribution in [2.45, 2.75) is 25.1 Å². The molecule has 0 radical (unpaired) electrons. The fourth-order valence-corrected chi connectivity index (χ4v) is 3.89. The molecule has 1 aromatic rings. The van der Waals surface area contributed by atoms with Crippen molar-refractivity contribution in [3.05, 3.63) is 22.2 Å². The van der Waals surface area contributed by atoms with E-state index in [1.165, 1.54) is 5.56 Å². The van der Waals surface area contributed by atoms with E-state index in [1.807, 2.05) is 6.07 Å². The first-order valence-electron chi connectivity index (χ1n) is 5.81. The first kappa shape index (κ1) is 13.2. The summed E-state index contributed by atoms with van der Waals surface area (Å²) in [7, 11) is 0. The Bertz CT molecular complexity index is 405. The van der Waals surface area contributed by atoms with Crippen molar-refractivity contribution in [2.75, 3.05) is 13.2 Å². The maximum Gasteiger partial charge on any atom is 0.162 e. The van der Waals surface area contributed by atoms with Crippen LogP contribution in [0.25, 0.3) is 0 Å². The minimum Gasteiger partial charge on any atom is -0.486 e. The second kappa shape index (κ2) is 5.61. The third-order valence-electron chi connectivity index (χ3n) is 2.68. The summed E-state index contributed by atoms with van der Waals surface area (Å²) in [6.45, 7) is 5.70. The summed E-state index contributed by atoms with van der Waals surface area (Å²) in [6.07, 6.45) is 1.10. The van der Waals surface area contributed by atoms with E-state index in [2.05, 4.69) is 51.8 Å². The van der Waals surface area contributed by atoms with E-state index in [9.17, 15) is 0 Å². The quantitative estimate of drug-likeness (QED) is 0.724. The van der Waals surface area contributed by atoms with Crippen molar-refractivity contribution in [2.24, 2.45) is 5.92 Å². The summed E-state index contributed by atoms with van der Waals surface area (Å²) < 4.78 is 12.2. The molecule has 0 fully saturated rings. The molecule has 94 valence electrons. The molecule has 2 rings (SSSR count). The van der Waals surface area contributed by atoms with Gasteiger partial charge in [-0.1, -0.05) is 45.7 Å². The monoisotopic (exact) mass is 362 g/mol. The van der Waals surface area contributed by atoms with Crippen LogP contribution in [0.5, 0.6) is 11.5 Å². The highest BCUT2D eigenvalue weighted by Gasteiger charge is 2.19. The predicted octanol–water partition coefficient (Wildman–Crippen LogP) is 4.70. The zero-order valence-corrected chi connectivity index (χ0v) is 13.2. The Balaban J connectivity index is 2.28. The lowest BCUT2D eigenvalue weighted by Gasteiger charge is -2.22. The summed E-state index contributed by atoms with van der Waals surface area (Å²) in [6, 6.07) is 4.07. The molecule has 0 saturated heterocycles. The average molecular weight is 364 g/mol. The molecule has 1 aliphatic heterocycles. The first-order valence-corrected chi connectivity index (χ1v) is 7.52. The Hall–Kier alpha value is -0.220. The van der Waals surface area contributed by atoms with Gasteiger partial charge in [0.25, 0.3) is 0 Å². The Morgan fingerprint density at radius 1 is 1.18 bits per heavy atom. The van der Waals surface area contributed by atoms with Crippen molar-refractivity contribution >= 4 is 31.9 Å². The minimum atomic E-state index is 0.340. The Morgan fingerprint density at radius 3 is 2.35 bits per heavy atom. The molecular formula is C13H16Br2O2. The van der Waals surface area contributed by atoms with Gasteiger partial charge < -0.3 is 9.47 Å². The van der Waals surface area contributed by atoms with Gasteiger partial charge in [0.2, 0.25) is 0 Å². The Morgan fingerprint density at radius 2 is 1.76 bits per heavy atom. The smallest absolute Gasteiger partial charge is 0.162 e. The molecule has 0 aliphatic carbocycles. The van der Waals surface area contributed by atoms with Crippen LogP contribution in [-0.2, 0) is 0 Å². The standard InChI is InChI=1S/C13H16Br2O2/c1-8(2)5-10(14)9-6-12-13(7-11(9)15)17-4-3-16-12/h6-8,10H,3-5H2,1-2H3. The molecule has 0 N–H and O–H groups in total. The van der Waals surface area contributed by atoms with Crippen LogP contribution in [0.1, 0.15) is 30.7 Å². The summed E-state index contributed by atoms with van der Waals surface area (Å²) in [5, 5.41) is 0. The third kappa shape index (κ3) is 3.16. The van der Waals surface area contributed by atoms with Gasteiger partial charge in [-0.2, -0.15) is 0 Å². The number of benzene rings is 1. The van der Waals surface area contributed by atoms with Crippen molar-refractivity contribution in [3.8, 4) is 11.5 Å².